The van der Waals surface area contributed by atoms with E-state index in [2.05, 4.69) is 10.3 Å². The van der Waals surface area contributed by atoms with Crippen molar-refractivity contribution in [3.63, 3.8) is 0 Å². The van der Waals surface area contributed by atoms with Gasteiger partial charge in [-0.1, -0.05) is 35.9 Å². The van der Waals surface area contributed by atoms with Crippen molar-refractivity contribution in [2.45, 2.75) is 20.0 Å². The fourth-order valence-electron chi connectivity index (χ4n) is 2.40. The highest BCUT2D eigenvalue weighted by Gasteiger charge is 2.21. The van der Waals surface area contributed by atoms with Crippen molar-refractivity contribution in [2.24, 2.45) is 0 Å². The van der Waals surface area contributed by atoms with Gasteiger partial charge in [0.1, 0.15) is 0 Å². The van der Waals surface area contributed by atoms with Crippen molar-refractivity contribution in [3.05, 3.63) is 65.9 Å². The average molecular weight is 322 g/mol. The lowest BCUT2D eigenvalue weighted by Crippen LogP contribution is -2.29. The molecule has 1 atom stereocenters. The van der Waals surface area contributed by atoms with Gasteiger partial charge in [-0.3, -0.25) is 4.79 Å². The summed E-state index contributed by atoms with van der Waals surface area (Å²) in [4.78, 5) is 27.5. The van der Waals surface area contributed by atoms with E-state index in [-0.39, 0.29) is 5.91 Å². The van der Waals surface area contributed by atoms with E-state index in [0.29, 0.717) is 11.3 Å². The Morgan fingerprint density at radius 2 is 1.79 bits per heavy atom. The molecule has 0 saturated heterocycles. The van der Waals surface area contributed by atoms with Gasteiger partial charge in [-0.25, -0.2) is 4.79 Å². The third-order valence-electron chi connectivity index (χ3n) is 3.78. The molecule has 2 aromatic carbocycles. The van der Waals surface area contributed by atoms with Crippen LogP contribution in [-0.4, -0.2) is 23.0 Å². The molecule has 0 spiro atoms. The van der Waals surface area contributed by atoms with E-state index in [4.69, 9.17) is 4.74 Å². The van der Waals surface area contributed by atoms with Crippen molar-refractivity contribution in [1.82, 2.24) is 4.98 Å². The average Bonchev–Trinajstić information content (AvgIpc) is 3.01. The molecule has 1 heterocycles. The highest BCUT2D eigenvalue weighted by molar-refractivity contribution is 6.05. The molecule has 1 aromatic heterocycles. The predicted molar refractivity (Wildman–Crippen MR) is 93.0 cm³/mol. The van der Waals surface area contributed by atoms with Crippen molar-refractivity contribution in [2.75, 3.05) is 5.32 Å². The first-order valence-electron chi connectivity index (χ1n) is 7.69. The van der Waals surface area contributed by atoms with Gasteiger partial charge in [0, 0.05) is 22.8 Å². The molecule has 0 saturated carbocycles. The molecule has 3 rings (SSSR count). The van der Waals surface area contributed by atoms with Gasteiger partial charge in [-0.05, 0) is 32.0 Å². The smallest absolute Gasteiger partial charge is 0.341 e. The number of amides is 1. The highest BCUT2D eigenvalue weighted by atomic mass is 16.5. The number of rotatable bonds is 4. The summed E-state index contributed by atoms with van der Waals surface area (Å²) >= 11 is 0. The van der Waals surface area contributed by atoms with Crippen LogP contribution >= 0.6 is 0 Å². The van der Waals surface area contributed by atoms with E-state index >= 15 is 0 Å². The maximum Gasteiger partial charge on any atom is 0.341 e. The summed E-state index contributed by atoms with van der Waals surface area (Å²) in [6, 6.07) is 14.9. The number of fused-ring (bicyclic) bond motifs is 1. The number of carbonyl (C=O) groups is 2. The van der Waals surface area contributed by atoms with Crippen molar-refractivity contribution >= 4 is 28.5 Å². The maximum atomic E-state index is 12.3. The van der Waals surface area contributed by atoms with E-state index in [9.17, 15) is 9.59 Å². The minimum atomic E-state index is -0.896. The Morgan fingerprint density at radius 1 is 1.08 bits per heavy atom. The number of aryl methyl sites for hydroxylation is 1. The van der Waals surface area contributed by atoms with E-state index in [0.717, 1.165) is 16.5 Å². The minimum Gasteiger partial charge on any atom is -0.449 e. The number of aromatic nitrogens is 1. The minimum absolute atomic E-state index is 0.368. The molecule has 2 N–H and O–H groups in total. The van der Waals surface area contributed by atoms with Crippen LogP contribution in [0.4, 0.5) is 5.69 Å². The van der Waals surface area contributed by atoms with Crippen LogP contribution in [0.5, 0.6) is 0 Å². The third-order valence-corrected chi connectivity index (χ3v) is 3.78. The van der Waals surface area contributed by atoms with E-state index in [1.807, 2.05) is 43.3 Å². The van der Waals surface area contributed by atoms with E-state index < -0.39 is 12.1 Å². The van der Waals surface area contributed by atoms with Crippen LogP contribution < -0.4 is 5.32 Å². The second-order valence-electron chi connectivity index (χ2n) is 5.65. The molecule has 122 valence electrons. The van der Waals surface area contributed by atoms with Gasteiger partial charge >= 0.3 is 5.97 Å². The number of carbonyl (C=O) groups excluding carboxylic acids is 2. The molecule has 0 bridgehead atoms. The number of nitrogens with one attached hydrogen (secondary N) is 2. The normalized spacial score (nSPS) is 11.9. The first-order valence-corrected chi connectivity index (χ1v) is 7.69. The Morgan fingerprint density at radius 3 is 2.54 bits per heavy atom. The first-order chi connectivity index (χ1) is 11.5. The number of aromatic amines is 1. The van der Waals surface area contributed by atoms with Crippen molar-refractivity contribution in [3.8, 4) is 0 Å². The topological polar surface area (TPSA) is 71.2 Å². The molecule has 0 aliphatic heterocycles. The molecule has 3 aromatic rings. The lowest BCUT2D eigenvalue weighted by Gasteiger charge is -2.13. The Balaban J connectivity index is 1.67. The first kappa shape index (κ1) is 15.8. The fourth-order valence-corrected chi connectivity index (χ4v) is 2.40. The Labute approximate surface area is 139 Å². The molecule has 1 amide bonds. The van der Waals surface area contributed by atoms with Gasteiger partial charge in [-0.2, -0.15) is 0 Å². The molecular weight excluding hydrogens is 304 g/mol. The summed E-state index contributed by atoms with van der Waals surface area (Å²) < 4.78 is 5.29. The predicted octanol–water partition coefficient (Wildman–Crippen LogP) is 3.66. The number of esters is 1. The molecule has 0 aliphatic carbocycles. The second-order valence-corrected chi connectivity index (χ2v) is 5.65. The third kappa shape index (κ3) is 3.30. The van der Waals surface area contributed by atoms with Crippen LogP contribution in [0, 0.1) is 6.92 Å². The molecule has 5 heteroatoms. The second kappa shape index (κ2) is 6.58. The number of para-hydroxylation sites is 1. The summed E-state index contributed by atoms with van der Waals surface area (Å²) in [6.07, 6.45) is 0.699. The number of benzene rings is 2. The Kier molecular flexibility index (Phi) is 4.33. The monoisotopic (exact) mass is 322 g/mol. The lowest BCUT2D eigenvalue weighted by molar-refractivity contribution is -0.123. The van der Waals surface area contributed by atoms with Crippen LogP contribution in [0.1, 0.15) is 22.8 Å². The van der Waals surface area contributed by atoms with Crippen LogP contribution in [0.3, 0.4) is 0 Å². The number of hydrogen-bond donors (Lipinski definition) is 2. The van der Waals surface area contributed by atoms with E-state index in [1.54, 1.807) is 25.3 Å². The Hall–Kier alpha value is -3.08. The van der Waals surface area contributed by atoms with Crippen LogP contribution in [-0.2, 0) is 9.53 Å². The molecule has 5 nitrogen and oxygen atoms in total. The zero-order valence-corrected chi connectivity index (χ0v) is 13.5. The SMILES string of the molecule is Cc1ccc(NC(=O)C(C)OC(=O)c2c[nH]c3ccccc23)cc1. The zero-order valence-electron chi connectivity index (χ0n) is 13.5. The number of ether oxygens (including phenoxy) is 1. The molecule has 0 fully saturated rings. The van der Waals surface area contributed by atoms with Gasteiger partial charge in [0.05, 0.1) is 5.56 Å². The van der Waals surface area contributed by atoms with Crippen LogP contribution in [0.25, 0.3) is 10.9 Å². The summed E-state index contributed by atoms with van der Waals surface area (Å²) in [5, 5.41) is 3.50. The zero-order chi connectivity index (χ0) is 17.1. The van der Waals surface area contributed by atoms with Gasteiger partial charge in [0.2, 0.25) is 0 Å². The van der Waals surface area contributed by atoms with Gasteiger partial charge in [0.15, 0.2) is 6.10 Å². The molecule has 24 heavy (non-hydrogen) atoms. The lowest BCUT2D eigenvalue weighted by atomic mass is 10.2. The van der Waals surface area contributed by atoms with Crippen LogP contribution in [0.2, 0.25) is 0 Å². The largest absolute Gasteiger partial charge is 0.449 e. The summed E-state index contributed by atoms with van der Waals surface area (Å²) in [7, 11) is 0. The van der Waals surface area contributed by atoms with E-state index in [1.165, 1.54) is 0 Å². The number of hydrogen-bond acceptors (Lipinski definition) is 3. The summed E-state index contributed by atoms with van der Waals surface area (Å²) in [6.45, 7) is 3.52. The molecular formula is C19H18N2O3. The number of H-pyrrole nitrogens is 1. The summed E-state index contributed by atoms with van der Waals surface area (Å²) in [5.41, 5.74) is 3.04. The van der Waals surface area contributed by atoms with Crippen molar-refractivity contribution < 1.29 is 14.3 Å². The molecule has 0 radical (unpaired) electrons. The van der Waals surface area contributed by atoms with Crippen LogP contribution in [0.15, 0.2) is 54.7 Å². The Bertz CT molecular complexity index is 881. The number of anilines is 1. The standard InChI is InChI=1S/C19H18N2O3/c1-12-7-9-14(10-8-12)21-18(22)13(2)24-19(23)16-11-20-17-6-4-3-5-15(16)17/h3-11,13,20H,1-2H3,(H,21,22). The van der Waals surface area contributed by atoms with Crippen molar-refractivity contribution in [1.29, 1.82) is 0 Å². The van der Waals surface area contributed by atoms with Gasteiger partial charge < -0.3 is 15.0 Å². The molecule has 1 unspecified atom stereocenters. The van der Waals surface area contributed by atoms with Gasteiger partial charge in [0.25, 0.3) is 5.91 Å². The molecule has 0 aliphatic rings. The quantitative estimate of drug-likeness (QED) is 0.720. The van der Waals surface area contributed by atoms with Gasteiger partial charge in [-0.15, -0.1) is 0 Å². The highest BCUT2D eigenvalue weighted by Crippen LogP contribution is 2.19. The summed E-state index contributed by atoms with van der Waals surface area (Å²) in [5.74, 6) is -0.897. The fraction of sp³-hybridized carbons (Fsp3) is 0.158. The maximum absolute atomic E-state index is 12.3.